The van der Waals surface area contributed by atoms with Crippen molar-refractivity contribution in [2.45, 2.75) is 13.8 Å². The van der Waals surface area contributed by atoms with Gasteiger partial charge < -0.3 is 5.73 Å². The van der Waals surface area contributed by atoms with Crippen LogP contribution in [0, 0.1) is 5.41 Å². The summed E-state index contributed by atoms with van der Waals surface area (Å²) in [6, 6.07) is 5.46. The van der Waals surface area contributed by atoms with Gasteiger partial charge in [-0.1, -0.05) is 6.07 Å². The van der Waals surface area contributed by atoms with Crippen LogP contribution in [0.25, 0.3) is 0 Å². The molecule has 0 aliphatic rings. The zero-order valence-electron chi connectivity index (χ0n) is 9.40. The summed E-state index contributed by atoms with van der Waals surface area (Å²) < 4.78 is 0. The van der Waals surface area contributed by atoms with Gasteiger partial charge >= 0.3 is 0 Å². The van der Waals surface area contributed by atoms with E-state index in [2.05, 4.69) is 4.98 Å². The molecule has 0 fully saturated rings. The highest BCUT2D eigenvalue weighted by atomic mass is 16.2. The third-order valence-corrected chi connectivity index (χ3v) is 2.39. The van der Waals surface area contributed by atoms with E-state index in [-0.39, 0.29) is 5.91 Å². The summed E-state index contributed by atoms with van der Waals surface area (Å²) in [5.41, 5.74) is 5.01. The fourth-order valence-electron chi connectivity index (χ4n) is 1.20. The van der Waals surface area contributed by atoms with E-state index in [1.807, 2.05) is 26.0 Å². The van der Waals surface area contributed by atoms with Crippen LogP contribution in [0.3, 0.4) is 0 Å². The monoisotopic (exact) mass is 207 g/mol. The molecule has 4 heteroatoms. The fourth-order valence-corrected chi connectivity index (χ4v) is 1.20. The first-order chi connectivity index (χ1) is 6.99. The van der Waals surface area contributed by atoms with Crippen molar-refractivity contribution in [3.8, 4) is 0 Å². The number of carbonyl (C=O) groups excluding carboxylic acids is 1. The Hall–Kier alpha value is -1.42. The quantitative estimate of drug-likeness (QED) is 0.805. The number of amides is 1. The van der Waals surface area contributed by atoms with E-state index in [9.17, 15) is 4.79 Å². The van der Waals surface area contributed by atoms with E-state index >= 15 is 0 Å². The van der Waals surface area contributed by atoms with Gasteiger partial charge in [0.1, 0.15) is 5.82 Å². The first kappa shape index (κ1) is 11.7. The van der Waals surface area contributed by atoms with Crippen molar-refractivity contribution in [3.05, 3.63) is 24.4 Å². The Kier molecular flexibility index (Phi) is 3.42. The van der Waals surface area contributed by atoms with Gasteiger partial charge in [-0.3, -0.25) is 9.69 Å². The van der Waals surface area contributed by atoms with Gasteiger partial charge in [0.05, 0.1) is 5.41 Å². The second kappa shape index (κ2) is 4.40. The Balaban J connectivity index is 2.87. The van der Waals surface area contributed by atoms with E-state index in [1.54, 1.807) is 19.3 Å². The lowest BCUT2D eigenvalue weighted by atomic mass is 9.92. The molecule has 0 atom stereocenters. The maximum absolute atomic E-state index is 12.0. The molecule has 0 bridgehead atoms. The minimum absolute atomic E-state index is 0.0244. The van der Waals surface area contributed by atoms with Crippen LogP contribution in [-0.2, 0) is 4.79 Å². The Morgan fingerprint density at radius 1 is 1.53 bits per heavy atom. The summed E-state index contributed by atoms with van der Waals surface area (Å²) in [6.45, 7) is 3.98. The largest absolute Gasteiger partial charge is 0.329 e. The third-order valence-electron chi connectivity index (χ3n) is 2.39. The van der Waals surface area contributed by atoms with Crippen LogP contribution in [0.15, 0.2) is 24.4 Å². The normalized spacial score (nSPS) is 11.2. The average Bonchev–Trinajstić information content (AvgIpc) is 2.28. The predicted octanol–water partition coefficient (Wildman–Crippen LogP) is 1.03. The van der Waals surface area contributed by atoms with Gasteiger partial charge in [-0.05, 0) is 26.0 Å². The van der Waals surface area contributed by atoms with Crippen LogP contribution in [0.2, 0.25) is 0 Å². The SMILES string of the molecule is CN(C(=O)C(C)(C)CN)c1ccccn1. The predicted molar refractivity (Wildman–Crippen MR) is 60.5 cm³/mol. The van der Waals surface area contributed by atoms with Crippen molar-refractivity contribution < 1.29 is 4.79 Å². The summed E-state index contributed by atoms with van der Waals surface area (Å²) in [5.74, 6) is 0.618. The minimum Gasteiger partial charge on any atom is -0.329 e. The summed E-state index contributed by atoms with van der Waals surface area (Å²) >= 11 is 0. The molecule has 2 N–H and O–H groups in total. The highest BCUT2D eigenvalue weighted by Gasteiger charge is 2.29. The van der Waals surface area contributed by atoms with Crippen LogP contribution >= 0.6 is 0 Å². The lowest BCUT2D eigenvalue weighted by molar-refractivity contribution is -0.125. The van der Waals surface area contributed by atoms with Gasteiger partial charge in [-0.15, -0.1) is 0 Å². The van der Waals surface area contributed by atoms with E-state index in [0.29, 0.717) is 12.4 Å². The van der Waals surface area contributed by atoms with Crippen molar-refractivity contribution in [2.75, 3.05) is 18.5 Å². The summed E-state index contributed by atoms with van der Waals surface area (Å²) in [4.78, 5) is 17.6. The first-order valence-electron chi connectivity index (χ1n) is 4.88. The topological polar surface area (TPSA) is 59.2 Å². The van der Waals surface area contributed by atoms with Gasteiger partial charge in [-0.2, -0.15) is 0 Å². The number of nitrogens with zero attached hydrogens (tertiary/aromatic N) is 2. The van der Waals surface area contributed by atoms with Gasteiger partial charge in [0.25, 0.3) is 0 Å². The first-order valence-corrected chi connectivity index (χ1v) is 4.88. The lowest BCUT2D eigenvalue weighted by Gasteiger charge is -2.27. The number of carbonyl (C=O) groups is 1. The molecule has 0 unspecified atom stereocenters. The number of nitrogens with two attached hydrogens (primary N) is 1. The van der Waals surface area contributed by atoms with E-state index < -0.39 is 5.41 Å². The van der Waals surface area contributed by atoms with Crippen LogP contribution in [-0.4, -0.2) is 24.5 Å². The van der Waals surface area contributed by atoms with E-state index in [1.165, 1.54) is 4.90 Å². The zero-order chi connectivity index (χ0) is 11.5. The molecule has 1 amide bonds. The number of rotatable bonds is 3. The Morgan fingerprint density at radius 3 is 2.67 bits per heavy atom. The highest BCUT2D eigenvalue weighted by Crippen LogP contribution is 2.19. The number of hydrogen-bond acceptors (Lipinski definition) is 3. The second-order valence-corrected chi connectivity index (χ2v) is 4.14. The Labute approximate surface area is 90.1 Å². The van der Waals surface area contributed by atoms with E-state index in [0.717, 1.165) is 0 Å². The van der Waals surface area contributed by atoms with Crippen molar-refractivity contribution in [1.29, 1.82) is 0 Å². The maximum atomic E-state index is 12.0. The molecular weight excluding hydrogens is 190 g/mol. The van der Waals surface area contributed by atoms with Gasteiger partial charge in [0.2, 0.25) is 5.91 Å². The molecule has 0 radical (unpaired) electrons. The van der Waals surface area contributed by atoms with Crippen molar-refractivity contribution in [3.63, 3.8) is 0 Å². The minimum atomic E-state index is -0.549. The highest BCUT2D eigenvalue weighted by molar-refractivity contribution is 5.95. The molecule has 4 nitrogen and oxygen atoms in total. The molecular formula is C11H17N3O. The van der Waals surface area contributed by atoms with Crippen LogP contribution in [0.1, 0.15) is 13.8 Å². The summed E-state index contributed by atoms with van der Waals surface area (Å²) in [5, 5.41) is 0. The number of anilines is 1. The number of hydrogen-bond donors (Lipinski definition) is 1. The molecule has 1 heterocycles. The van der Waals surface area contributed by atoms with Gasteiger partial charge in [0.15, 0.2) is 0 Å². The van der Waals surface area contributed by atoms with Crippen molar-refractivity contribution in [2.24, 2.45) is 11.1 Å². The Bertz CT molecular complexity index is 335. The summed E-state index contributed by atoms with van der Waals surface area (Å²) in [7, 11) is 1.71. The number of pyridine rings is 1. The van der Waals surface area contributed by atoms with Crippen molar-refractivity contribution in [1.82, 2.24) is 4.98 Å². The van der Waals surface area contributed by atoms with Gasteiger partial charge in [0, 0.05) is 19.8 Å². The average molecular weight is 207 g/mol. The molecule has 0 saturated carbocycles. The van der Waals surface area contributed by atoms with Crippen LogP contribution < -0.4 is 10.6 Å². The molecule has 0 saturated heterocycles. The Morgan fingerprint density at radius 2 is 2.20 bits per heavy atom. The molecule has 0 aliphatic carbocycles. The lowest BCUT2D eigenvalue weighted by Crippen LogP contribution is -2.43. The molecule has 1 aromatic heterocycles. The molecule has 82 valence electrons. The maximum Gasteiger partial charge on any atom is 0.234 e. The smallest absolute Gasteiger partial charge is 0.234 e. The fraction of sp³-hybridized carbons (Fsp3) is 0.455. The van der Waals surface area contributed by atoms with Gasteiger partial charge in [-0.25, -0.2) is 4.98 Å². The van der Waals surface area contributed by atoms with E-state index in [4.69, 9.17) is 5.73 Å². The molecule has 0 aliphatic heterocycles. The second-order valence-electron chi connectivity index (χ2n) is 4.14. The van der Waals surface area contributed by atoms with Crippen LogP contribution in [0.4, 0.5) is 5.82 Å². The summed E-state index contributed by atoms with van der Waals surface area (Å²) in [6.07, 6.45) is 1.66. The third kappa shape index (κ3) is 2.53. The zero-order valence-corrected chi connectivity index (χ0v) is 9.40. The molecule has 1 aromatic rings. The molecule has 1 rings (SSSR count). The molecule has 0 spiro atoms. The molecule has 15 heavy (non-hydrogen) atoms. The standard InChI is InChI=1S/C11H17N3O/c1-11(2,8-12)10(15)14(3)9-6-4-5-7-13-9/h4-7H,8,12H2,1-3H3. The van der Waals surface area contributed by atoms with Crippen molar-refractivity contribution >= 4 is 11.7 Å². The molecule has 0 aromatic carbocycles. The van der Waals surface area contributed by atoms with Crippen LogP contribution in [0.5, 0.6) is 0 Å². The number of aromatic nitrogens is 1.